The average Bonchev–Trinajstić information content (AvgIpc) is 3.26. The molecule has 3 rings (SSSR count). The van der Waals surface area contributed by atoms with E-state index in [4.69, 9.17) is 4.74 Å². The van der Waals surface area contributed by atoms with Gasteiger partial charge >= 0.3 is 6.03 Å². The molecule has 1 aliphatic rings. The van der Waals surface area contributed by atoms with Gasteiger partial charge in [0.05, 0.1) is 12.6 Å². The van der Waals surface area contributed by atoms with Crippen LogP contribution in [0.1, 0.15) is 24.0 Å². The Kier molecular flexibility index (Phi) is 5.26. The van der Waals surface area contributed by atoms with E-state index in [0.29, 0.717) is 13.1 Å². The summed E-state index contributed by atoms with van der Waals surface area (Å²) in [6, 6.07) is 9.93. The summed E-state index contributed by atoms with van der Waals surface area (Å²) in [5.41, 5.74) is 2.25. The summed E-state index contributed by atoms with van der Waals surface area (Å²) in [7, 11) is 0. The maximum Gasteiger partial charge on any atom is 0.315 e. The highest BCUT2D eigenvalue weighted by Crippen LogP contribution is 2.10. The van der Waals surface area contributed by atoms with Gasteiger partial charge in [0, 0.05) is 32.1 Å². The molecule has 0 unspecified atom stereocenters. The van der Waals surface area contributed by atoms with E-state index in [1.807, 2.05) is 29.1 Å². The summed E-state index contributed by atoms with van der Waals surface area (Å²) in [5.74, 6) is 0. The third kappa shape index (κ3) is 4.82. The SMILES string of the molecule is O=C(NCc1ccc(Cn2cccn2)cc1)NC[C@H]1CCCO1. The first-order valence-corrected chi connectivity index (χ1v) is 7.98. The van der Waals surface area contributed by atoms with Crippen LogP contribution in [0.25, 0.3) is 0 Å². The van der Waals surface area contributed by atoms with E-state index in [1.165, 1.54) is 5.56 Å². The maximum atomic E-state index is 11.8. The number of ether oxygens (including phenoxy) is 1. The number of urea groups is 1. The molecule has 2 heterocycles. The van der Waals surface area contributed by atoms with E-state index in [-0.39, 0.29) is 12.1 Å². The average molecular weight is 314 g/mol. The van der Waals surface area contributed by atoms with Crippen molar-refractivity contribution in [2.24, 2.45) is 0 Å². The van der Waals surface area contributed by atoms with Crippen LogP contribution in [0.4, 0.5) is 4.79 Å². The van der Waals surface area contributed by atoms with Crippen LogP contribution in [0.3, 0.4) is 0 Å². The van der Waals surface area contributed by atoms with Gasteiger partial charge in [0.25, 0.3) is 0 Å². The molecule has 23 heavy (non-hydrogen) atoms. The number of benzene rings is 1. The second-order valence-corrected chi connectivity index (χ2v) is 5.72. The molecule has 1 aliphatic heterocycles. The van der Waals surface area contributed by atoms with Crippen molar-refractivity contribution in [1.82, 2.24) is 20.4 Å². The lowest BCUT2D eigenvalue weighted by Crippen LogP contribution is -2.39. The molecule has 6 heteroatoms. The number of amides is 2. The van der Waals surface area contributed by atoms with Gasteiger partial charge in [-0.05, 0) is 30.0 Å². The van der Waals surface area contributed by atoms with E-state index in [0.717, 1.165) is 31.6 Å². The molecule has 1 aromatic carbocycles. The summed E-state index contributed by atoms with van der Waals surface area (Å²) in [6.45, 7) is 2.65. The van der Waals surface area contributed by atoms with E-state index in [9.17, 15) is 4.79 Å². The maximum absolute atomic E-state index is 11.8. The summed E-state index contributed by atoms with van der Waals surface area (Å²) >= 11 is 0. The van der Waals surface area contributed by atoms with E-state index in [1.54, 1.807) is 6.20 Å². The summed E-state index contributed by atoms with van der Waals surface area (Å²) in [5, 5.41) is 9.90. The third-order valence-electron chi connectivity index (χ3n) is 3.89. The highest BCUT2D eigenvalue weighted by Gasteiger charge is 2.15. The predicted octanol–water partition coefficient (Wildman–Crippen LogP) is 1.91. The summed E-state index contributed by atoms with van der Waals surface area (Å²) in [4.78, 5) is 11.8. The quantitative estimate of drug-likeness (QED) is 0.856. The Morgan fingerprint density at radius 1 is 1.26 bits per heavy atom. The minimum Gasteiger partial charge on any atom is -0.376 e. The van der Waals surface area contributed by atoms with Gasteiger partial charge in [0.15, 0.2) is 0 Å². The van der Waals surface area contributed by atoms with Gasteiger partial charge < -0.3 is 15.4 Å². The molecule has 1 fully saturated rings. The normalized spacial score (nSPS) is 17.1. The fourth-order valence-corrected chi connectivity index (χ4v) is 2.60. The number of carbonyl (C=O) groups excluding carboxylic acids is 1. The van der Waals surface area contributed by atoms with Gasteiger partial charge in [-0.15, -0.1) is 0 Å². The molecule has 0 spiro atoms. The minimum atomic E-state index is -0.152. The smallest absolute Gasteiger partial charge is 0.315 e. The fraction of sp³-hybridized carbons (Fsp3) is 0.412. The van der Waals surface area contributed by atoms with Crippen LogP contribution in [-0.4, -0.2) is 35.1 Å². The predicted molar refractivity (Wildman–Crippen MR) is 87.0 cm³/mol. The Balaban J connectivity index is 1.40. The van der Waals surface area contributed by atoms with Crippen molar-refractivity contribution in [3.05, 3.63) is 53.9 Å². The van der Waals surface area contributed by atoms with Crippen LogP contribution in [0, 0.1) is 0 Å². The van der Waals surface area contributed by atoms with Crippen molar-refractivity contribution in [3.63, 3.8) is 0 Å². The fourth-order valence-electron chi connectivity index (χ4n) is 2.60. The van der Waals surface area contributed by atoms with Crippen molar-refractivity contribution >= 4 is 6.03 Å². The highest BCUT2D eigenvalue weighted by atomic mass is 16.5. The number of aromatic nitrogens is 2. The summed E-state index contributed by atoms with van der Waals surface area (Å²) in [6.07, 6.45) is 5.99. The molecule has 1 saturated heterocycles. The van der Waals surface area contributed by atoms with Gasteiger partial charge in [-0.1, -0.05) is 24.3 Å². The van der Waals surface area contributed by atoms with Crippen LogP contribution in [0.5, 0.6) is 0 Å². The van der Waals surface area contributed by atoms with E-state index in [2.05, 4.69) is 27.9 Å². The van der Waals surface area contributed by atoms with E-state index < -0.39 is 0 Å². The van der Waals surface area contributed by atoms with Gasteiger partial charge in [-0.3, -0.25) is 4.68 Å². The first-order valence-electron chi connectivity index (χ1n) is 7.98. The Morgan fingerprint density at radius 2 is 2.09 bits per heavy atom. The van der Waals surface area contributed by atoms with Crippen LogP contribution in [-0.2, 0) is 17.8 Å². The molecule has 0 aliphatic carbocycles. The molecule has 2 amide bonds. The molecule has 2 aromatic rings. The van der Waals surface area contributed by atoms with Crippen molar-refractivity contribution in [2.45, 2.75) is 32.0 Å². The van der Waals surface area contributed by atoms with Crippen molar-refractivity contribution in [3.8, 4) is 0 Å². The lowest BCUT2D eigenvalue weighted by molar-refractivity contribution is 0.111. The highest BCUT2D eigenvalue weighted by molar-refractivity contribution is 5.73. The second-order valence-electron chi connectivity index (χ2n) is 5.72. The zero-order valence-corrected chi connectivity index (χ0v) is 13.1. The second kappa shape index (κ2) is 7.78. The van der Waals surface area contributed by atoms with Crippen molar-refractivity contribution < 1.29 is 9.53 Å². The minimum absolute atomic E-state index is 0.152. The molecule has 2 N–H and O–H groups in total. The summed E-state index contributed by atoms with van der Waals surface area (Å²) < 4.78 is 7.35. The Bertz CT molecular complexity index is 604. The first-order chi connectivity index (χ1) is 11.3. The molecular weight excluding hydrogens is 292 g/mol. The molecular formula is C17H22N4O2. The Morgan fingerprint density at radius 3 is 2.78 bits per heavy atom. The van der Waals surface area contributed by atoms with Gasteiger partial charge in [-0.2, -0.15) is 5.10 Å². The number of hydrogen-bond donors (Lipinski definition) is 2. The molecule has 122 valence electrons. The number of rotatable bonds is 6. The zero-order valence-electron chi connectivity index (χ0n) is 13.1. The lowest BCUT2D eigenvalue weighted by Gasteiger charge is -2.12. The molecule has 1 atom stereocenters. The standard InChI is InChI=1S/C17H22N4O2/c22-17(19-12-16-3-1-10-23-16)18-11-14-4-6-15(7-5-14)13-21-9-2-8-20-21/h2,4-9,16H,1,3,10-13H2,(H2,18,19,22)/t16-/m1/s1. The van der Waals surface area contributed by atoms with Crippen molar-refractivity contribution in [2.75, 3.05) is 13.2 Å². The molecule has 0 saturated carbocycles. The Labute approximate surface area is 135 Å². The van der Waals surface area contributed by atoms with Gasteiger partial charge in [-0.25, -0.2) is 4.79 Å². The monoisotopic (exact) mass is 314 g/mol. The van der Waals surface area contributed by atoms with Crippen LogP contribution in [0.2, 0.25) is 0 Å². The Hall–Kier alpha value is -2.34. The topological polar surface area (TPSA) is 68.2 Å². The zero-order chi connectivity index (χ0) is 15.9. The number of hydrogen-bond acceptors (Lipinski definition) is 3. The third-order valence-corrected chi connectivity index (χ3v) is 3.89. The van der Waals surface area contributed by atoms with Crippen LogP contribution < -0.4 is 10.6 Å². The van der Waals surface area contributed by atoms with Crippen LogP contribution >= 0.6 is 0 Å². The number of carbonyl (C=O) groups is 1. The van der Waals surface area contributed by atoms with E-state index >= 15 is 0 Å². The molecule has 0 bridgehead atoms. The number of nitrogens with zero attached hydrogens (tertiary/aromatic N) is 2. The molecule has 6 nitrogen and oxygen atoms in total. The van der Waals surface area contributed by atoms with Crippen LogP contribution in [0.15, 0.2) is 42.7 Å². The molecule has 0 radical (unpaired) electrons. The van der Waals surface area contributed by atoms with Gasteiger partial charge in [0.1, 0.15) is 0 Å². The number of nitrogens with one attached hydrogen (secondary N) is 2. The van der Waals surface area contributed by atoms with Gasteiger partial charge in [0.2, 0.25) is 0 Å². The first kappa shape index (κ1) is 15.6. The van der Waals surface area contributed by atoms with Crippen molar-refractivity contribution in [1.29, 1.82) is 0 Å². The largest absolute Gasteiger partial charge is 0.376 e. The molecule has 1 aromatic heterocycles. The lowest BCUT2D eigenvalue weighted by atomic mass is 10.1.